The van der Waals surface area contributed by atoms with Crippen LogP contribution in [0.5, 0.6) is 0 Å². The lowest BCUT2D eigenvalue weighted by molar-refractivity contribution is -0.119. The van der Waals surface area contributed by atoms with Gasteiger partial charge in [-0.15, -0.1) is 0 Å². The van der Waals surface area contributed by atoms with Crippen molar-refractivity contribution in [3.8, 4) is 0 Å². The number of rotatable bonds is 4. The minimum Gasteiger partial charge on any atom is -0.356 e. The number of nitrogens with one attached hydrogen (secondary N) is 1. The average molecular weight is 384 g/mol. The number of anilines is 1. The molecular formula is C15H17IN2O2. The second-order valence-electron chi connectivity index (χ2n) is 4.77. The normalized spacial score (nSPS) is 17.3. The summed E-state index contributed by atoms with van der Waals surface area (Å²) in [5.74, 6) is 0.274. The Hall–Kier alpha value is -1.37. The number of hydrogen-bond acceptors (Lipinski definition) is 2. The second kappa shape index (κ2) is 6.88. The van der Waals surface area contributed by atoms with E-state index in [1.807, 2.05) is 45.7 Å². The van der Waals surface area contributed by atoms with Crippen LogP contribution in [0.15, 0.2) is 34.4 Å². The third-order valence-corrected chi connectivity index (χ3v) is 3.77. The number of nitrogens with zero attached hydrogens (tertiary/aromatic N) is 1. The summed E-state index contributed by atoms with van der Waals surface area (Å²) in [4.78, 5) is 24.8. The molecule has 2 rings (SSSR count). The Labute approximate surface area is 132 Å². The van der Waals surface area contributed by atoms with Gasteiger partial charge in [0.1, 0.15) is 0 Å². The number of carbonyl (C=O) groups is 2. The molecule has 0 aromatic heterocycles. The molecule has 1 aliphatic heterocycles. The largest absolute Gasteiger partial charge is 0.356 e. The zero-order valence-electron chi connectivity index (χ0n) is 11.3. The van der Waals surface area contributed by atoms with Crippen molar-refractivity contribution in [2.45, 2.75) is 19.3 Å². The van der Waals surface area contributed by atoms with E-state index in [2.05, 4.69) is 11.4 Å². The molecule has 4 nitrogen and oxygen atoms in total. The Bertz CT molecular complexity index is 542. The van der Waals surface area contributed by atoms with Crippen LogP contribution in [0.25, 0.3) is 0 Å². The van der Waals surface area contributed by atoms with E-state index in [4.69, 9.17) is 0 Å². The van der Waals surface area contributed by atoms with Crippen molar-refractivity contribution in [3.63, 3.8) is 0 Å². The number of benzene rings is 1. The maximum absolute atomic E-state index is 12.1. The van der Waals surface area contributed by atoms with E-state index in [0.29, 0.717) is 13.1 Å². The number of halogens is 1. The summed E-state index contributed by atoms with van der Waals surface area (Å²) in [6, 6.07) is 7.98. The Morgan fingerprint density at radius 2 is 2.20 bits per heavy atom. The Kier molecular flexibility index (Phi) is 5.17. The maximum atomic E-state index is 12.1. The Morgan fingerprint density at radius 1 is 1.45 bits per heavy atom. The highest BCUT2D eigenvalue weighted by Gasteiger charge is 2.30. The fraction of sp³-hybridized carbons (Fsp3) is 0.333. The van der Waals surface area contributed by atoms with Crippen LogP contribution in [0.2, 0.25) is 0 Å². The van der Waals surface area contributed by atoms with Crippen LogP contribution in [-0.4, -0.2) is 24.9 Å². The number of fused-ring (bicyclic) bond motifs is 1. The highest BCUT2D eigenvalue weighted by molar-refractivity contribution is 14.1. The highest BCUT2D eigenvalue weighted by atomic mass is 127. The standard InChI is InChI=1S/C15H17IN2O2/c1-11(19)17-9-7-12-10-18(15(20)6-8-16)14-5-3-2-4-13(12)14/h2-6,8,12H,7,9-10H2,1H3,(H,17,19)/b8-6-. The van der Waals surface area contributed by atoms with Gasteiger partial charge in [-0.05, 0) is 22.1 Å². The monoisotopic (exact) mass is 384 g/mol. The van der Waals surface area contributed by atoms with Gasteiger partial charge in [0.2, 0.25) is 5.91 Å². The molecule has 0 bridgehead atoms. The Morgan fingerprint density at radius 3 is 2.90 bits per heavy atom. The number of amides is 2. The van der Waals surface area contributed by atoms with E-state index in [9.17, 15) is 9.59 Å². The van der Waals surface area contributed by atoms with E-state index >= 15 is 0 Å². The minimum atomic E-state index is -0.0166. The molecule has 0 spiro atoms. The van der Waals surface area contributed by atoms with Gasteiger partial charge in [0.25, 0.3) is 5.91 Å². The second-order valence-corrected chi connectivity index (χ2v) is 5.49. The van der Waals surface area contributed by atoms with E-state index in [0.717, 1.165) is 12.1 Å². The first-order valence-corrected chi connectivity index (χ1v) is 7.79. The number of hydrogen-bond donors (Lipinski definition) is 1. The summed E-state index contributed by atoms with van der Waals surface area (Å²) in [7, 11) is 0. The van der Waals surface area contributed by atoms with Crippen molar-refractivity contribution in [2.24, 2.45) is 0 Å². The zero-order chi connectivity index (χ0) is 14.5. The van der Waals surface area contributed by atoms with Crippen molar-refractivity contribution in [3.05, 3.63) is 40.0 Å². The van der Waals surface area contributed by atoms with Crippen molar-refractivity contribution in [2.75, 3.05) is 18.0 Å². The lowest BCUT2D eigenvalue weighted by atomic mass is 9.98. The summed E-state index contributed by atoms with van der Waals surface area (Å²) in [5, 5.41) is 2.81. The first-order chi connectivity index (χ1) is 9.63. The van der Waals surface area contributed by atoms with Crippen LogP contribution in [0.1, 0.15) is 24.8 Å². The topological polar surface area (TPSA) is 49.4 Å². The molecular weight excluding hydrogens is 367 g/mol. The summed E-state index contributed by atoms with van der Waals surface area (Å²) < 4.78 is 1.73. The molecule has 2 amide bonds. The minimum absolute atomic E-state index is 0.00822. The van der Waals surface area contributed by atoms with Gasteiger partial charge in [0.15, 0.2) is 0 Å². The lowest BCUT2D eigenvalue weighted by Gasteiger charge is -2.15. The van der Waals surface area contributed by atoms with Gasteiger partial charge >= 0.3 is 0 Å². The molecule has 0 saturated carbocycles. The van der Waals surface area contributed by atoms with Gasteiger partial charge in [-0.25, -0.2) is 0 Å². The molecule has 1 aliphatic rings. The van der Waals surface area contributed by atoms with Crippen molar-refractivity contribution >= 4 is 40.1 Å². The molecule has 5 heteroatoms. The van der Waals surface area contributed by atoms with Crippen molar-refractivity contribution in [1.82, 2.24) is 5.32 Å². The van der Waals surface area contributed by atoms with E-state index < -0.39 is 0 Å². The van der Waals surface area contributed by atoms with Crippen molar-refractivity contribution in [1.29, 1.82) is 0 Å². The molecule has 0 radical (unpaired) electrons. The smallest absolute Gasteiger partial charge is 0.251 e. The molecule has 1 aromatic rings. The van der Waals surface area contributed by atoms with E-state index in [1.54, 1.807) is 10.2 Å². The van der Waals surface area contributed by atoms with Gasteiger partial charge in [0, 0.05) is 37.7 Å². The van der Waals surface area contributed by atoms with Gasteiger partial charge in [-0.2, -0.15) is 0 Å². The lowest BCUT2D eigenvalue weighted by Crippen LogP contribution is -2.29. The molecule has 1 N–H and O–H groups in total. The third-order valence-electron chi connectivity index (χ3n) is 3.41. The Balaban J connectivity index is 2.13. The fourth-order valence-corrected chi connectivity index (χ4v) is 2.83. The zero-order valence-corrected chi connectivity index (χ0v) is 13.5. The third kappa shape index (κ3) is 3.39. The van der Waals surface area contributed by atoms with Crippen LogP contribution < -0.4 is 10.2 Å². The van der Waals surface area contributed by atoms with E-state index in [-0.39, 0.29) is 17.7 Å². The molecule has 20 heavy (non-hydrogen) atoms. The van der Waals surface area contributed by atoms with Gasteiger partial charge in [-0.1, -0.05) is 40.8 Å². The SMILES string of the molecule is CC(=O)NCCC1CN(C(=O)/C=C\I)c2ccccc21. The average Bonchev–Trinajstić information content (AvgIpc) is 2.78. The highest BCUT2D eigenvalue weighted by Crippen LogP contribution is 2.37. The molecule has 1 unspecified atom stereocenters. The molecule has 0 fully saturated rings. The van der Waals surface area contributed by atoms with E-state index in [1.165, 1.54) is 12.5 Å². The summed E-state index contributed by atoms with van der Waals surface area (Å²) in [5.41, 5.74) is 2.17. The predicted octanol–water partition coefficient (Wildman–Crippen LogP) is 2.59. The maximum Gasteiger partial charge on any atom is 0.251 e. The van der Waals surface area contributed by atoms with Crippen molar-refractivity contribution < 1.29 is 9.59 Å². The quantitative estimate of drug-likeness (QED) is 0.641. The fourth-order valence-electron chi connectivity index (χ4n) is 2.52. The first-order valence-electron chi connectivity index (χ1n) is 6.55. The van der Waals surface area contributed by atoms with Crippen LogP contribution in [0.4, 0.5) is 5.69 Å². The molecule has 1 aromatic carbocycles. The molecule has 1 atom stereocenters. The van der Waals surface area contributed by atoms with Crippen LogP contribution in [0.3, 0.4) is 0 Å². The van der Waals surface area contributed by atoms with Crippen LogP contribution >= 0.6 is 22.6 Å². The molecule has 0 aliphatic carbocycles. The molecule has 106 valence electrons. The molecule has 0 saturated heterocycles. The summed E-state index contributed by atoms with van der Waals surface area (Å²) >= 11 is 2.05. The predicted molar refractivity (Wildman–Crippen MR) is 88.0 cm³/mol. The van der Waals surface area contributed by atoms with Crippen LogP contribution in [0, 0.1) is 0 Å². The van der Waals surface area contributed by atoms with Gasteiger partial charge in [-0.3, -0.25) is 9.59 Å². The molecule has 1 heterocycles. The number of para-hydroxylation sites is 1. The first kappa shape index (κ1) is 15.0. The summed E-state index contributed by atoms with van der Waals surface area (Å²) in [6.07, 6.45) is 2.42. The number of carbonyl (C=O) groups excluding carboxylic acids is 2. The van der Waals surface area contributed by atoms with Gasteiger partial charge < -0.3 is 10.2 Å². The van der Waals surface area contributed by atoms with Crippen LogP contribution in [-0.2, 0) is 9.59 Å². The van der Waals surface area contributed by atoms with Gasteiger partial charge in [0.05, 0.1) is 0 Å². The summed E-state index contributed by atoms with van der Waals surface area (Å²) in [6.45, 7) is 2.83.